The van der Waals surface area contributed by atoms with Crippen LogP contribution in [0.3, 0.4) is 0 Å². The van der Waals surface area contributed by atoms with Gasteiger partial charge in [-0.1, -0.05) is 0 Å². The van der Waals surface area contributed by atoms with E-state index in [-0.39, 0.29) is 19.9 Å². The maximum absolute atomic E-state index is 5.58. The Balaban J connectivity index is 1.78. The second kappa shape index (κ2) is 8.37. The van der Waals surface area contributed by atoms with Crippen LogP contribution in [0.25, 0.3) is 0 Å². The van der Waals surface area contributed by atoms with Crippen molar-refractivity contribution in [3.63, 3.8) is 0 Å². The van der Waals surface area contributed by atoms with Gasteiger partial charge in [0.15, 0.2) is 0 Å². The van der Waals surface area contributed by atoms with Crippen molar-refractivity contribution in [1.82, 2.24) is 0 Å². The zero-order chi connectivity index (χ0) is 16.7. The lowest BCUT2D eigenvalue weighted by atomic mass is 10.2. The van der Waals surface area contributed by atoms with E-state index in [2.05, 4.69) is 0 Å². The smallest absolute Gasteiger partial charge is 0.529 e. The highest BCUT2D eigenvalue weighted by molar-refractivity contribution is 6.20. The molecule has 0 unspecified atom stereocenters. The standard InChI is InChI=1S/C18H23BO4/c1-13(2)20-15-5-9-17(10-6-15)22-19-23-18-11-7-16(8-12-18)21-14(3)4/h5-14,19H,1-4H3. The first-order valence-corrected chi connectivity index (χ1v) is 7.82. The van der Waals surface area contributed by atoms with E-state index < -0.39 is 0 Å². The van der Waals surface area contributed by atoms with Crippen molar-refractivity contribution in [2.45, 2.75) is 39.9 Å². The van der Waals surface area contributed by atoms with Gasteiger partial charge in [0.05, 0.1) is 12.2 Å². The average Bonchev–Trinajstić information content (AvgIpc) is 2.50. The zero-order valence-electron chi connectivity index (χ0n) is 14.1. The number of rotatable bonds is 8. The molecule has 0 radical (unpaired) electrons. The topological polar surface area (TPSA) is 36.9 Å². The third kappa shape index (κ3) is 6.14. The van der Waals surface area contributed by atoms with Gasteiger partial charge in [-0.05, 0) is 76.2 Å². The van der Waals surface area contributed by atoms with Crippen molar-refractivity contribution in [1.29, 1.82) is 0 Å². The molecule has 0 fully saturated rings. The summed E-state index contributed by atoms with van der Waals surface area (Å²) in [5.74, 6) is 3.13. The second-order valence-corrected chi connectivity index (χ2v) is 5.68. The van der Waals surface area contributed by atoms with Gasteiger partial charge in [-0.15, -0.1) is 0 Å². The molecule has 23 heavy (non-hydrogen) atoms. The summed E-state index contributed by atoms with van der Waals surface area (Å²) in [7, 11) is 0.148. The van der Waals surface area contributed by atoms with Crippen LogP contribution >= 0.6 is 0 Å². The number of benzene rings is 2. The van der Waals surface area contributed by atoms with E-state index in [4.69, 9.17) is 18.8 Å². The second-order valence-electron chi connectivity index (χ2n) is 5.68. The van der Waals surface area contributed by atoms with Gasteiger partial charge in [0.2, 0.25) is 0 Å². The molecule has 5 heteroatoms. The molecular weight excluding hydrogens is 291 g/mol. The highest BCUT2D eigenvalue weighted by Crippen LogP contribution is 2.20. The van der Waals surface area contributed by atoms with Crippen molar-refractivity contribution < 1.29 is 18.8 Å². The summed E-state index contributed by atoms with van der Waals surface area (Å²) in [5, 5.41) is 0. The summed E-state index contributed by atoms with van der Waals surface area (Å²) in [6.07, 6.45) is 0.320. The minimum Gasteiger partial charge on any atom is -0.529 e. The zero-order valence-corrected chi connectivity index (χ0v) is 14.1. The molecule has 0 aliphatic rings. The fourth-order valence-corrected chi connectivity index (χ4v) is 1.94. The van der Waals surface area contributed by atoms with Gasteiger partial charge in [-0.3, -0.25) is 0 Å². The fraction of sp³-hybridized carbons (Fsp3) is 0.333. The Morgan fingerprint density at radius 1 is 0.565 bits per heavy atom. The Kier molecular flexibility index (Phi) is 6.21. The molecule has 0 bridgehead atoms. The third-order valence-corrected chi connectivity index (χ3v) is 2.84. The molecule has 0 atom stereocenters. The molecule has 4 nitrogen and oxygen atoms in total. The Morgan fingerprint density at radius 3 is 1.17 bits per heavy atom. The Morgan fingerprint density at radius 2 is 0.870 bits per heavy atom. The van der Waals surface area contributed by atoms with Crippen LogP contribution in [-0.4, -0.2) is 19.9 Å². The average molecular weight is 314 g/mol. The van der Waals surface area contributed by atoms with Gasteiger partial charge in [-0.2, -0.15) is 0 Å². The summed E-state index contributed by atoms with van der Waals surface area (Å²) in [6.45, 7) is 7.98. The molecular formula is C18H23BO4. The fourth-order valence-electron chi connectivity index (χ4n) is 1.94. The van der Waals surface area contributed by atoms with E-state index in [0.717, 1.165) is 23.0 Å². The van der Waals surface area contributed by atoms with Crippen LogP contribution in [-0.2, 0) is 0 Å². The normalized spacial score (nSPS) is 10.5. The van der Waals surface area contributed by atoms with E-state index >= 15 is 0 Å². The van der Waals surface area contributed by atoms with Crippen LogP contribution in [0.2, 0.25) is 0 Å². The quantitative estimate of drug-likeness (QED) is 0.691. The maximum Gasteiger partial charge on any atom is 0.576 e. The van der Waals surface area contributed by atoms with Crippen molar-refractivity contribution in [2.24, 2.45) is 0 Å². The van der Waals surface area contributed by atoms with Crippen LogP contribution in [0.15, 0.2) is 48.5 Å². The molecule has 0 spiro atoms. The van der Waals surface area contributed by atoms with Crippen LogP contribution < -0.4 is 18.8 Å². The van der Waals surface area contributed by atoms with Gasteiger partial charge in [-0.25, -0.2) is 0 Å². The minimum absolute atomic E-state index is 0.148. The van der Waals surface area contributed by atoms with Crippen LogP contribution in [0, 0.1) is 0 Å². The van der Waals surface area contributed by atoms with E-state index in [9.17, 15) is 0 Å². The SMILES string of the molecule is CC(C)Oc1ccc(OBOc2ccc(OC(C)C)cc2)cc1. The van der Waals surface area contributed by atoms with Crippen molar-refractivity contribution in [3.8, 4) is 23.0 Å². The molecule has 2 aromatic rings. The van der Waals surface area contributed by atoms with Gasteiger partial charge >= 0.3 is 7.69 Å². The number of ether oxygens (including phenoxy) is 2. The van der Waals surface area contributed by atoms with Gasteiger partial charge in [0.25, 0.3) is 0 Å². The predicted molar refractivity (Wildman–Crippen MR) is 92.8 cm³/mol. The number of hydrogen-bond donors (Lipinski definition) is 0. The van der Waals surface area contributed by atoms with E-state index in [1.807, 2.05) is 76.2 Å². The molecule has 0 aliphatic carbocycles. The van der Waals surface area contributed by atoms with Gasteiger partial charge in [0.1, 0.15) is 23.0 Å². The monoisotopic (exact) mass is 314 g/mol. The highest BCUT2D eigenvalue weighted by Gasteiger charge is 2.03. The molecule has 0 heterocycles. The van der Waals surface area contributed by atoms with E-state index in [0.29, 0.717) is 0 Å². The van der Waals surface area contributed by atoms with Gasteiger partial charge in [0, 0.05) is 0 Å². The maximum atomic E-state index is 5.58. The van der Waals surface area contributed by atoms with Crippen molar-refractivity contribution in [2.75, 3.05) is 0 Å². The molecule has 0 aromatic heterocycles. The lowest BCUT2D eigenvalue weighted by Gasteiger charge is -2.12. The van der Waals surface area contributed by atoms with E-state index in [1.165, 1.54) is 0 Å². The number of hydrogen-bond acceptors (Lipinski definition) is 4. The summed E-state index contributed by atoms with van der Waals surface area (Å²) < 4.78 is 22.3. The molecule has 0 saturated heterocycles. The lowest BCUT2D eigenvalue weighted by Crippen LogP contribution is -2.11. The molecule has 122 valence electrons. The highest BCUT2D eigenvalue weighted by atomic mass is 16.6. The van der Waals surface area contributed by atoms with Crippen LogP contribution in [0.4, 0.5) is 0 Å². The molecule has 0 saturated carbocycles. The lowest BCUT2D eigenvalue weighted by molar-refractivity contribution is 0.242. The van der Waals surface area contributed by atoms with Crippen LogP contribution in [0.5, 0.6) is 23.0 Å². The molecule has 0 N–H and O–H groups in total. The molecule has 2 rings (SSSR count). The summed E-state index contributed by atoms with van der Waals surface area (Å²) >= 11 is 0. The van der Waals surface area contributed by atoms with Crippen molar-refractivity contribution >= 4 is 7.69 Å². The van der Waals surface area contributed by atoms with E-state index in [1.54, 1.807) is 0 Å². The van der Waals surface area contributed by atoms with Crippen molar-refractivity contribution in [3.05, 3.63) is 48.5 Å². The molecule has 0 aliphatic heterocycles. The molecule has 2 aromatic carbocycles. The van der Waals surface area contributed by atoms with Crippen LogP contribution in [0.1, 0.15) is 27.7 Å². The predicted octanol–water partition coefficient (Wildman–Crippen LogP) is 3.99. The largest absolute Gasteiger partial charge is 0.576 e. The first kappa shape index (κ1) is 17.1. The Bertz CT molecular complexity index is 525. The summed E-state index contributed by atoms with van der Waals surface area (Å²) in [4.78, 5) is 0. The summed E-state index contributed by atoms with van der Waals surface area (Å²) in [5.41, 5.74) is 0. The minimum atomic E-state index is 0.148. The summed E-state index contributed by atoms with van der Waals surface area (Å²) in [6, 6.07) is 15.0. The Labute approximate surface area is 138 Å². The molecule has 0 amide bonds. The Hall–Kier alpha value is -2.30. The third-order valence-electron chi connectivity index (χ3n) is 2.84. The first-order valence-electron chi connectivity index (χ1n) is 7.82. The first-order chi connectivity index (χ1) is 11.0. The van der Waals surface area contributed by atoms with Gasteiger partial charge < -0.3 is 18.8 Å².